The van der Waals surface area contributed by atoms with E-state index >= 15 is 0 Å². The molecule has 5 nitrogen and oxygen atoms in total. The maximum atomic E-state index is 13.7. The SMILES string of the molecule is COc1ccc2c(c1)Oc1ccccc1C2C(C)(C)C(=O)Nc1nc(Cc2ccc(Br)cc2)cs1. The Morgan fingerprint density at radius 3 is 2.60 bits per heavy atom. The number of para-hydroxylation sites is 1. The first kappa shape index (κ1) is 23.6. The molecule has 7 heteroatoms. The van der Waals surface area contributed by atoms with Crippen molar-refractivity contribution in [2.75, 3.05) is 12.4 Å². The molecule has 1 amide bonds. The summed E-state index contributed by atoms with van der Waals surface area (Å²) in [5.41, 5.74) is 3.27. The van der Waals surface area contributed by atoms with Crippen LogP contribution in [-0.4, -0.2) is 18.0 Å². The Morgan fingerprint density at radius 2 is 1.83 bits per heavy atom. The minimum atomic E-state index is -0.777. The van der Waals surface area contributed by atoms with E-state index in [9.17, 15) is 4.79 Å². The van der Waals surface area contributed by atoms with Crippen molar-refractivity contribution in [3.63, 3.8) is 0 Å². The Kier molecular flexibility index (Phi) is 6.38. The largest absolute Gasteiger partial charge is 0.497 e. The van der Waals surface area contributed by atoms with Crippen molar-refractivity contribution in [1.82, 2.24) is 4.98 Å². The van der Waals surface area contributed by atoms with Gasteiger partial charge in [0.05, 0.1) is 18.2 Å². The van der Waals surface area contributed by atoms with Crippen LogP contribution in [0.4, 0.5) is 5.13 Å². The number of anilines is 1. The molecule has 0 saturated carbocycles. The summed E-state index contributed by atoms with van der Waals surface area (Å²) < 4.78 is 12.6. The molecule has 1 aliphatic heterocycles. The summed E-state index contributed by atoms with van der Waals surface area (Å²) in [6.07, 6.45) is 0.714. The van der Waals surface area contributed by atoms with Crippen LogP contribution in [0, 0.1) is 5.41 Å². The molecule has 1 aliphatic rings. The molecule has 3 aromatic carbocycles. The Balaban J connectivity index is 1.41. The molecule has 1 unspecified atom stereocenters. The fraction of sp³-hybridized carbons (Fsp3) is 0.214. The molecular weight excluding hydrogens is 524 g/mol. The van der Waals surface area contributed by atoms with Crippen molar-refractivity contribution in [3.8, 4) is 17.2 Å². The molecular formula is C28H25BrN2O3S. The number of thiazole rings is 1. The molecule has 2 heterocycles. The normalized spacial score (nSPS) is 14.5. The van der Waals surface area contributed by atoms with E-state index in [0.29, 0.717) is 23.1 Å². The van der Waals surface area contributed by atoms with Gasteiger partial charge in [0.25, 0.3) is 0 Å². The van der Waals surface area contributed by atoms with Crippen LogP contribution in [0.3, 0.4) is 0 Å². The molecule has 35 heavy (non-hydrogen) atoms. The topological polar surface area (TPSA) is 60.5 Å². The molecule has 1 atom stereocenters. The van der Waals surface area contributed by atoms with Gasteiger partial charge in [-0.1, -0.05) is 66.2 Å². The number of amides is 1. The quantitative estimate of drug-likeness (QED) is 0.272. The zero-order valence-corrected chi connectivity index (χ0v) is 22.1. The highest BCUT2D eigenvalue weighted by Gasteiger charge is 2.43. The molecule has 1 aromatic heterocycles. The summed E-state index contributed by atoms with van der Waals surface area (Å²) >= 11 is 4.91. The second-order valence-electron chi connectivity index (χ2n) is 9.10. The zero-order valence-electron chi connectivity index (χ0n) is 19.7. The van der Waals surface area contributed by atoms with Crippen molar-refractivity contribution >= 4 is 38.3 Å². The lowest BCUT2D eigenvalue weighted by atomic mass is 9.69. The number of carbonyl (C=O) groups excluding carboxylic acids is 1. The van der Waals surface area contributed by atoms with E-state index in [1.807, 2.05) is 73.8 Å². The number of hydrogen-bond acceptors (Lipinski definition) is 5. The van der Waals surface area contributed by atoms with Crippen LogP contribution >= 0.6 is 27.3 Å². The van der Waals surface area contributed by atoms with Gasteiger partial charge in [-0.3, -0.25) is 4.79 Å². The molecule has 178 valence electrons. The molecule has 0 spiro atoms. The average Bonchev–Trinajstić information content (AvgIpc) is 3.29. The van der Waals surface area contributed by atoms with Crippen LogP contribution < -0.4 is 14.8 Å². The number of carbonyl (C=O) groups is 1. The van der Waals surface area contributed by atoms with E-state index in [1.165, 1.54) is 16.9 Å². The van der Waals surface area contributed by atoms with Gasteiger partial charge in [-0.2, -0.15) is 0 Å². The molecule has 1 N–H and O–H groups in total. The van der Waals surface area contributed by atoms with Crippen LogP contribution in [0.1, 0.15) is 42.1 Å². The lowest BCUT2D eigenvalue weighted by molar-refractivity contribution is -0.124. The Hall–Kier alpha value is -3.16. The maximum Gasteiger partial charge on any atom is 0.232 e. The van der Waals surface area contributed by atoms with Crippen molar-refractivity contribution < 1.29 is 14.3 Å². The van der Waals surface area contributed by atoms with Crippen LogP contribution in [0.15, 0.2) is 76.6 Å². The van der Waals surface area contributed by atoms with Crippen LogP contribution in [0.5, 0.6) is 17.2 Å². The number of methoxy groups -OCH3 is 1. The van der Waals surface area contributed by atoms with E-state index in [2.05, 4.69) is 38.4 Å². The van der Waals surface area contributed by atoms with Gasteiger partial charge in [0.15, 0.2) is 5.13 Å². The first-order valence-corrected chi connectivity index (χ1v) is 13.0. The number of hydrogen-bond donors (Lipinski definition) is 1. The van der Waals surface area contributed by atoms with Crippen LogP contribution in [-0.2, 0) is 11.2 Å². The van der Waals surface area contributed by atoms with Crippen molar-refractivity contribution in [1.29, 1.82) is 0 Å². The summed E-state index contributed by atoms with van der Waals surface area (Å²) in [6.45, 7) is 3.94. The number of nitrogens with zero attached hydrogens (tertiary/aromatic N) is 1. The summed E-state index contributed by atoms with van der Waals surface area (Å²) in [6, 6.07) is 21.8. The fourth-order valence-corrected chi connectivity index (χ4v) is 5.46. The minimum absolute atomic E-state index is 0.0921. The second kappa shape index (κ2) is 9.47. The number of fused-ring (bicyclic) bond motifs is 2. The molecule has 5 rings (SSSR count). The predicted molar refractivity (Wildman–Crippen MR) is 143 cm³/mol. The summed E-state index contributed by atoms with van der Waals surface area (Å²) in [5.74, 6) is 1.89. The maximum absolute atomic E-state index is 13.7. The van der Waals surface area contributed by atoms with Crippen molar-refractivity contribution in [2.45, 2.75) is 26.2 Å². The van der Waals surface area contributed by atoms with Gasteiger partial charge >= 0.3 is 0 Å². The Bertz CT molecular complexity index is 1380. The third-order valence-electron chi connectivity index (χ3n) is 6.36. The van der Waals surface area contributed by atoms with Gasteiger partial charge in [-0.25, -0.2) is 4.98 Å². The minimum Gasteiger partial charge on any atom is -0.497 e. The third kappa shape index (κ3) is 4.70. The summed E-state index contributed by atoms with van der Waals surface area (Å²) in [7, 11) is 1.63. The standard InChI is InChI=1S/C28H25BrN2O3S/c1-28(2,26(32)31-27-30-19(16-35-27)14-17-8-10-18(29)11-9-17)25-21-6-4-5-7-23(21)34-24-15-20(33-3)12-13-22(24)25/h4-13,15-16,25H,14H2,1-3H3,(H,30,31,32). The smallest absolute Gasteiger partial charge is 0.232 e. The highest BCUT2D eigenvalue weighted by Crippen LogP contribution is 2.52. The van der Waals surface area contributed by atoms with E-state index in [-0.39, 0.29) is 11.8 Å². The van der Waals surface area contributed by atoms with Gasteiger partial charge in [-0.15, -0.1) is 11.3 Å². The van der Waals surface area contributed by atoms with Crippen LogP contribution in [0.2, 0.25) is 0 Å². The molecule has 0 aliphatic carbocycles. The van der Waals surface area contributed by atoms with Gasteiger partial charge in [0.2, 0.25) is 5.91 Å². The molecule has 0 fully saturated rings. The highest BCUT2D eigenvalue weighted by molar-refractivity contribution is 9.10. The zero-order chi connectivity index (χ0) is 24.6. The summed E-state index contributed by atoms with van der Waals surface area (Å²) in [4.78, 5) is 18.3. The molecule has 4 aromatic rings. The van der Waals surface area contributed by atoms with Gasteiger partial charge < -0.3 is 14.8 Å². The average molecular weight is 549 g/mol. The predicted octanol–water partition coefficient (Wildman–Crippen LogP) is 7.41. The van der Waals surface area contributed by atoms with Crippen LogP contribution in [0.25, 0.3) is 0 Å². The summed E-state index contributed by atoms with van der Waals surface area (Å²) in [5, 5.41) is 5.67. The van der Waals surface area contributed by atoms with Gasteiger partial charge in [0, 0.05) is 39.4 Å². The second-order valence-corrected chi connectivity index (χ2v) is 10.9. The van der Waals surface area contributed by atoms with E-state index in [1.54, 1.807) is 7.11 Å². The molecule has 0 bridgehead atoms. The molecule has 0 saturated heterocycles. The van der Waals surface area contributed by atoms with Crippen molar-refractivity contribution in [2.24, 2.45) is 5.41 Å². The van der Waals surface area contributed by atoms with Crippen molar-refractivity contribution in [3.05, 3.63) is 99.0 Å². The lowest BCUT2D eigenvalue weighted by Crippen LogP contribution is -2.38. The number of rotatable bonds is 6. The number of halogens is 1. The molecule has 0 radical (unpaired) electrons. The van der Waals surface area contributed by atoms with E-state index in [0.717, 1.165) is 27.0 Å². The van der Waals surface area contributed by atoms with E-state index in [4.69, 9.17) is 9.47 Å². The first-order chi connectivity index (χ1) is 16.8. The lowest BCUT2D eigenvalue weighted by Gasteiger charge is -2.38. The Labute approximate surface area is 217 Å². The van der Waals surface area contributed by atoms with E-state index < -0.39 is 5.41 Å². The number of aromatic nitrogens is 1. The number of ether oxygens (including phenoxy) is 2. The third-order valence-corrected chi connectivity index (χ3v) is 7.69. The van der Waals surface area contributed by atoms with Gasteiger partial charge in [-0.05, 0) is 29.8 Å². The monoisotopic (exact) mass is 548 g/mol. The Morgan fingerprint density at radius 1 is 1.09 bits per heavy atom. The highest BCUT2D eigenvalue weighted by atomic mass is 79.9. The fourth-order valence-electron chi connectivity index (χ4n) is 4.49. The van der Waals surface area contributed by atoms with Gasteiger partial charge in [0.1, 0.15) is 17.2 Å². The number of nitrogens with one attached hydrogen (secondary N) is 1. The number of benzene rings is 3. The first-order valence-electron chi connectivity index (χ1n) is 11.3.